The summed E-state index contributed by atoms with van der Waals surface area (Å²) in [5, 5.41) is 4.86. The average Bonchev–Trinajstić information content (AvgIpc) is 3.46. The van der Waals surface area contributed by atoms with E-state index in [1.54, 1.807) is 30.3 Å². The van der Waals surface area contributed by atoms with E-state index >= 15 is 0 Å². The van der Waals surface area contributed by atoms with Crippen LogP contribution in [0.2, 0.25) is 0 Å². The van der Waals surface area contributed by atoms with Crippen molar-refractivity contribution < 1.29 is 4.79 Å². The number of pyridine rings is 1. The molecular formula is C23H21N5O2. The molecule has 1 aliphatic rings. The second kappa shape index (κ2) is 6.88. The number of carbonyl (C=O) groups excluding carboxylic acids is 1. The summed E-state index contributed by atoms with van der Waals surface area (Å²) >= 11 is 0. The number of hydrogen-bond donors (Lipinski definition) is 0. The minimum absolute atomic E-state index is 0.180. The lowest BCUT2D eigenvalue weighted by Gasteiger charge is -2.18. The SMILES string of the molecule is Cc1ccccc1-n1nc2c(c1-n1cccc1)CN(C(=O)c1cccn(C)c1=O)C2. The van der Waals surface area contributed by atoms with Crippen LogP contribution in [-0.4, -0.2) is 29.7 Å². The Morgan fingerprint density at radius 1 is 0.967 bits per heavy atom. The summed E-state index contributed by atoms with van der Waals surface area (Å²) in [5.41, 5.74) is 3.86. The van der Waals surface area contributed by atoms with Crippen LogP contribution < -0.4 is 5.56 Å². The predicted molar refractivity (Wildman–Crippen MR) is 113 cm³/mol. The number of carbonyl (C=O) groups is 1. The van der Waals surface area contributed by atoms with Crippen LogP contribution in [0.5, 0.6) is 0 Å². The second-order valence-electron chi connectivity index (χ2n) is 7.54. The Bertz CT molecular complexity index is 1310. The number of amides is 1. The highest BCUT2D eigenvalue weighted by Gasteiger charge is 2.32. The van der Waals surface area contributed by atoms with E-state index in [9.17, 15) is 9.59 Å². The number of nitrogens with zero attached hydrogens (tertiary/aromatic N) is 5. The monoisotopic (exact) mass is 399 g/mol. The van der Waals surface area contributed by atoms with Crippen molar-refractivity contribution in [1.29, 1.82) is 0 Å². The smallest absolute Gasteiger partial charge is 0.263 e. The van der Waals surface area contributed by atoms with Crippen LogP contribution in [0, 0.1) is 6.92 Å². The van der Waals surface area contributed by atoms with Gasteiger partial charge in [-0.25, -0.2) is 4.68 Å². The summed E-state index contributed by atoms with van der Waals surface area (Å²) in [6.07, 6.45) is 5.60. The highest BCUT2D eigenvalue weighted by atomic mass is 16.2. The number of aromatic nitrogens is 4. The molecule has 0 saturated carbocycles. The molecule has 0 saturated heterocycles. The summed E-state index contributed by atoms with van der Waals surface area (Å²) in [7, 11) is 1.65. The normalized spacial score (nSPS) is 12.9. The Morgan fingerprint density at radius 2 is 1.73 bits per heavy atom. The van der Waals surface area contributed by atoms with Crippen LogP contribution >= 0.6 is 0 Å². The molecule has 3 aromatic heterocycles. The third-order valence-corrected chi connectivity index (χ3v) is 5.56. The Labute approximate surface area is 173 Å². The van der Waals surface area contributed by atoms with E-state index in [-0.39, 0.29) is 17.0 Å². The number of para-hydroxylation sites is 1. The number of hydrogen-bond acceptors (Lipinski definition) is 3. The Kier molecular flexibility index (Phi) is 4.17. The first-order valence-electron chi connectivity index (χ1n) is 9.79. The van der Waals surface area contributed by atoms with Crippen molar-refractivity contribution >= 4 is 5.91 Å². The highest BCUT2D eigenvalue weighted by Crippen LogP contribution is 2.31. The highest BCUT2D eigenvalue weighted by molar-refractivity contribution is 5.94. The van der Waals surface area contributed by atoms with Gasteiger partial charge in [0.05, 0.1) is 24.5 Å². The Morgan fingerprint density at radius 3 is 2.50 bits per heavy atom. The number of fused-ring (bicyclic) bond motifs is 1. The van der Waals surface area contributed by atoms with E-state index in [2.05, 4.69) is 13.0 Å². The van der Waals surface area contributed by atoms with Crippen LogP contribution in [0.25, 0.3) is 11.5 Å². The molecule has 150 valence electrons. The van der Waals surface area contributed by atoms with E-state index in [1.807, 2.05) is 52.0 Å². The van der Waals surface area contributed by atoms with Crippen molar-refractivity contribution in [2.45, 2.75) is 20.0 Å². The maximum atomic E-state index is 13.1. The van der Waals surface area contributed by atoms with E-state index in [4.69, 9.17) is 5.10 Å². The maximum absolute atomic E-state index is 13.1. The molecule has 4 heterocycles. The zero-order valence-electron chi connectivity index (χ0n) is 16.8. The van der Waals surface area contributed by atoms with Gasteiger partial charge in [0.2, 0.25) is 0 Å². The van der Waals surface area contributed by atoms with Crippen molar-refractivity contribution in [3.8, 4) is 11.5 Å². The van der Waals surface area contributed by atoms with Crippen LogP contribution in [0.4, 0.5) is 0 Å². The van der Waals surface area contributed by atoms with Crippen LogP contribution in [-0.2, 0) is 20.1 Å². The third-order valence-electron chi connectivity index (χ3n) is 5.56. The molecule has 0 unspecified atom stereocenters. The zero-order valence-corrected chi connectivity index (χ0v) is 16.8. The Hall–Kier alpha value is -3.87. The van der Waals surface area contributed by atoms with Gasteiger partial charge in [-0.1, -0.05) is 18.2 Å². The van der Waals surface area contributed by atoms with Crippen LogP contribution in [0.3, 0.4) is 0 Å². The fourth-order valence-corrected chi connectivity index (χ4v) is 3.99. The first-order valence-corrected chi connectivity index (χ1v) is 9.79. The molecule has 1 aliphatic heterocycles. The summed E-state index contributed by atoms with van der Waals surface area (Å²) < 4.78 is 5.39. The molecule has 0 fully saturated rings. The first-order chi connectivity index (χ1) is 14.5. The molecule has 5 rings (SSSR count). The molecule has 0 N–H and O–H groups in total. The zero-order chi connectivity index (χ0) is 20.8. The maximum Gasteiger partial charge on any atom is 0.263 e. The number of rotatable bonds is 3. The first kappa shape index (κ1) is 18.2. The van der Waals surface area contributed by atoms with Gasteiger partial charge >= 0.3 is 0 Å². The van der Waals surface area contributed by atoms with Crippen molar-refractivity contribution in [3.05, 3.63) is 99.9 Å². The van der Waals surface area contributed by atoms with Gasteiger partial charge in [-0.15, -0.1) is 0 Å². The lowest BCUT2D eigenvalue weighted by molar-refractivity contribution is 0.0747. The van der Waals surface area contributed by atoms with Gasteiger partial charge in [0.15, 0.2) is 0 Å². The fourth-order valence-electron chi connectivity index (χ4n) is 3.99. The average molecular weight is 399 g/mol. The molecule has 0 radical (unpaired) electrons. The number of benzene rings is 1. The van der Waals surface area contributed by atoms with Gasteiger partial charge in [-0.05, 0) is 42.8 Å². The Balaban J connectivity index is 1.58. The van der Waals surface area contributed by atoms with Gasteiger partial charge in [0, 0.05) is 31.2 Å². The third kappa shape index (κ3) is 2.78. The van der Waals surface area contributed by atoms with Gasteiger partial charge < -0.3 is 14.0 Å². The van der Waals surface area contributed by atoms with Crippen molar-refractivity contribution in [1.82, 2.24) is 23.8 Å². The van der Waals surface area contributed by atoms with E-state index in [1.165, 1.54) is 4.57 Å². The van der Waals surface area contributed by atoms with Gasteiger partial charge in [0.1, 0.15) is 11.4 Å². The fraction of sp³-hybridized carbons (Fsp3) is 0.174. The summed E-state index contributed by atoms with van der Waals surface area (Å²) in [5.74, 6) is 0.649. The molecular weight excluding hydrogens is 378 g/mol. The van der Waals surface area contributed by atoms with Gasteiger partial charge in [0.25, 0.3) is 11.5 Å². The predicted octanol–water partition coefficient (Wildman–Crippen LogP) is 2.83. The largest absolute Gasteiger partial charge is 0.328 e. The lowest BCUT2D eigenvalue weighted by Crippen LogP contribution is -2.33. The molecule has 30 heavy (non-hydrogen) atoms. The lowest BCUT2D eigenvalue weighted by atomic mass is 10.2. The van der Waals surface area contributed by atoms with Crippen molar-refractivity contribution in [2.75, 3.05) is 0 Å². The quantitative estimate of drug-likeness (QED) is 0.532. The topological polar surface area (TPSA) is 65.1 Å². The van der Waals surface area contributed by atoms with Gasteiger partial charge in [-0.3, -0.25) is 9.59 Å². The van der Waals surface area contributed by atoms with E-state index in [0.717, 1.165) is 28.3 Å². The summed E-state index contributed by atoms with van der Waals surface area (Å²) in [6.45, 7) is 2.84. The molecule has 0 spiro atoms. The van der Waals surface area contributed by atoms with Gasteiger partial charge in [-0.2, -0.15) is 5.10 Å². The molecule has 0 aliphatic carbocycles. The van der Waals surface area contributed by atoms with E-state index in [0.29, 0.717) is 13.1 Å². The van der Waals surface area contributed by atoms with Crippen molar-refractivity contribution in [3.63, 3.8) is 0 Å². The molecule has 0 bridgehead atoms. The van der Waals surface area contributed by atoms with Crippen LogP contribution in [0.15, 0.2) is 71.9 Å². The molecule has 7 heteroatoms. The minimum atomic E-state index is -0.289. The van der Waals surface area contributed by atoms with Crippen LogP contribution in [0.1, 0.15) is 27.2 Å². The minimum Gasteiger partial charge on any atom is -0.328 e. The van der Waals surface area contributed by atoms with Crippen molar-refractivity contribution in [2.24, 2.45) is 7.05 Å². The summed E-state index contributed by atoms with van der Waals surface area (Å²) in [4.78, 5) is 27.1. The standard InChI is InChI=1S/C23H21N5O2/c1-16-8-3-4-10-20(16)28-21(26-12-5-6-13-26)18-14-27(15-19(18)24-28)23(30)17-9-7-11-25(2)22(17)29/h3-13H,14-15H2,1-2H3. The summed E-state index contributed by atoms with van der Waals surface area (Å²) in [6, 6.07) is 15.3. The van der Waals surface area contributed by atoms with E-state index < -0.39 is 0 Å². The number of aryl methyl sites for hydroxylation is 2. The molecule has 0 atom stereocenters. The second-order valence-corrected chi connectivity index (χ2v) is 7.54. The molecule has 4 aromatic rings. The molecule has 1 amide bonds. The molecule has 1 aromatic carbocycles. The molecule has 7 nitrogen and oxygen atoms in total.